The van der Waals surface area contributed by atoms with Gasteiger partial charge in [0.25, 0.3) is 0 Å². The lowest BCUT2D eigenvalue weighted by molar-refractivity contribution is 0.311. The minimum absolute atomic E-state index is 0. The molecule has 0 aliphatic rings. The predicted molar refractivity (Wildman–Crippen MR) is 19.2 cm³/mol. The zero-order valence-corrected chi connectivity index (χ0v) is 3.27. The van der Waals surface area contributed by atoms with Crippen LogP contribution in [-0.2, 0) is 0 Å². The summed E-state index contributed by atoms with van der Waals surface area (Å²) < 4.78 is 0. The topological polar surface area (TPSA) is 92.5 Å². The van der Waals surface area contributed by atoms with Crippen LogP contribution in [0.4, 0.5) is 0 Å². The van der Waals surface area contributed by atoms with Crippen molar-refractivity contribution in [1.82, 2.24) is 0 Å². The van der Waals surface area contributed by atoms with Crippen molar-refractivity contribution in [2.45, 2.75) is 0 Å². The number of rotatable bonds is 0. The highest BCUT2D eigenvalue weighted by Crippen LogP contribution is 0.690. The van der Waals surface area contributed by atoms with Gasteiger partial charge in [-0.1, -0.05) is 0 Å². The van der Waals surface area contributed by atoms with Crippen molar-refractivity contribution in [3.63, 3.8) is 0 Å². The van der Waals surface area contributed by atoms with Crippen LogP contribution in [0.25, 0.3) is 0 Å². The van der Waals surface area contributed by atoms with E-state index in [-0.39, 0.29) is 12.4 Å². The first kappa shape index (κ1) is 19.3. The molecule has 0 radical (unpaired) electrons. The second-order valence-electron chi connectivity index (χ2n) is 0. The summed E-state index contributed by atoms with van der Waals surface area (Å²) in [5.74, 6) is 7.00. The second-order valence-corrected chi connectivity index (χ2v) is 0. The van der Waals surface area contributed by atoms with Gasteiger partial charge in [0.15, 0.2) is 0 Å². The first-order valence-corrected chi connectivity index (χ1v) is 0.516. The molecule has 4 nitrogen and oxygen atoms in total. The van der Waals surface area contributed by atoms with Crippen LogP contribution in [0.2, 0.25) is 0 Å². The summed E-state index contributed by atoms with van der Waals surface area (Å²) in [6, 6.07) is 0. The van der Waals surface area contributed by atoms with Gasteiger partial charge in [0.05, 0.1) is 0 Å². The number of hydrogen-bond donors (Lipinski definition) is 4. The largest absolute Gasteiger partial charge is 0.320 e. The van der Waals surface area contributed by atoms with Gasteiger partial charge < -0.3 is 10.4 Å². The number of hydrogen-bond acceptors (Lipinski definition) is 4. The summed E-state index contributed by atoms with van der Waals surface area (Å²) in [6.07, 6.45) is 0. The van der Waals surface area contributed by atoms with E-state index in [2.05, 4.69) is 11.8 Å². The molecule has 0 aromatic heterocycles. The highest BCUT2D eigenvalue weighted by Gasteiger charge is 0.734. The highest BCUT2D eigenvalue weighted by molar-refractivity contribution is 5.85. The molecular formula is H7ClN2O2. The molecule has 0 bridgehead atoms. The van der Waals surface area contributed by atoms with Crippen LogP contribution >= 0.6 is 12.4 Å². The van der Waals surface area contributed by atoms with Crippen molar-refractivity contribution in [1.29, 1.82) is 0 Å². The molecule has 0 unspecified atom stereocenters. The van der Waals surface area contributed by atoms with Crippen LogP contribution in [0.5, 0.6) is 0 Å². The molecule has 0 fully saturated rings. The molecule has 5 heavy (non-hydrogen) atoms. The van der Waals surface area contributed by atoms with E-state index in [1.807, 2.05) is 0 Å². The van der Waals surface area contributed by atoms with E-state index in [4.69, 9.17) is 10.4 Å². The Morgan fingerprint density at radius 3 is 0.800 bits per heavy atom. The fourth-order valence-corrected chi connectivity index (χ4v) is 0. The quantitative estimate of drug-likeness (QED) is 0.298. The van der Waals surface area contributed by atoms with Gasteiger partial charge in [0.1, 0.15) is 0 Å². The molecule has 0 heterocycles. The molecular weight excluding hydrogens is 95.5 g/mol. The van der Waals surface area contributed by atoms with Gasteiger partial charge >= 0.3 is 0 Å². The maximum atomic E-state index is 6.50. The first-order chi connectivity index (χ1) is 2.00. The average Bonchev–Trinajstić information content (AvgIpc) is 1.50. The summed E-state index contributed by atoms with van der Waals surface area (Å²) in [7, 11) is 0. The molecule has 36 valence electrons. The van der Waals surface area contributed by atoms with E-state index in [1.54, 1.807) is 0 Å². The minimum atomic E-state index is 0. The van der Waals surface area contributed by atoms with Crippen molar-refractivity contribution >= 4 is 12.4 Å². The van der Waals surface area contributed by atoms with Crippen molar-refractivity contribution in [3.8, 4) is 0 Å². The van der Waals surface area contributed by atoms with E-state index in [1.165, 1.54) is 0 Å². The summed E-state index contributed by atoms with van der Waals surface area (Å²) in [4.78, 5) is 0. The van der Waals surface area contributed by atoms with Gasteiger partial charge in [-0.25, -0.2) is 11.8 Å². The normalized spacial score (nSPS) is 2.40. The maximum absolute atomic E-state index is 6.50. The third-order valence-electron chi connectivity index (χ3n) is 0. The molecule has 0 saturated heterocycles. The van der Waals surface area contributed by atoms with Crippen molar-refractivity contribution in [2.24, 2.45) is 11.8 Å². The molecule has 0 aromatic rings. The van der Waals surface area contributed by atoms with Crippen molar-refractivity contribution < 1.29 is 10.4 Å². The number of halogens is 1. The van der Waals surface area contributed by atoms with E-state index in [0.717, 1.165) is 0 Å². The fraction of sp³-hybridized carbons (Fsp3) is 0. The number of nitrogens with two attached hydrogens (primary N) is 2. The van der Waals surface area contributed by atoms with Crippen LogP contribution < -0.4 is 11.8 Å². The Labute approximate surface area is 35.7 Å². The van der Waals surface area contributed by atoms with Crippen molar-refractivity contribution in [2.75, 3.05) is 0 Å². The fourth-order valence-electron chi connectivity index (χ4n) is 0. The third kappa shape index (κ3) is 1110. The maximum Gasteiger partial charge on any atom is -0.147 e. The van der Waals surface area contributed by atoms with E-state index in [9.17, 15) is 0 Å². The van der Waals surface area contributed by atoms with Crippen molar-refractivity contribution in [3.05, 3.63) is 0 Å². The van der Waals surface area contributed by atoms with E-state index < -0.39 is 0 Å². The summed E-state index contributed by atoms with van der Waals surface area (Å²) in [6.45, 7) is 0. The summed E-state index contributed by atoms with van der Waals surface area (Å²) >= 11 is 0. The standard InChI is InChI=1S/ClH.2H3NO/c;2*1-2/h1H;2*2H,1H2. The zero-order chi connectivity index (χ0) is 4.00. The summed E-state index contributed by atoms with van der Waals surface area (Å²) in [5, 5.41) is 13.0. The Morgan fingerprint density at radius 1 is 0.800 bits per heavy atom. The predicted octanol–water partition coefficient (Wildman–Crippen LogP) is -0.910. The Bertz CT molecular complexity index is 7.61. The Morgan fingerprint density at radius 2 is 0.800 bits per heavy atom. The third-order valence-corrected chi connectivity index (χ3v) is 0. The lowest BCUT2D eigenvalue weighted by Crippen LogP contribution is -1.72. The molecule has 0 spiro atoms. The zero-order valence-electron chi connectivity index (χ0n) is 2.46. The monoisotopic (exact) mass is 102 g/mol. The Balaban J connectivity index is -0.0000000133. The van der Waals surface area contributed by atoms with Crippen LogP contribution in [0.15, 0.2) is 0 Å². The average molecular weight is 103 g/mol. The Hall–Kier alpha value is 0.130. The molecule has 5 heteroatoms. The van der Waals surface area contributed by atoms with Crippen LogP contribution in [0.1, 0.15) is 0 Å². The first-order valence-electron chi connectivity index (χ1n) is 0.516. The molecule has 0 aromatic carbocycles. The van der Waals surface area contributed by atoms with E-state index >= 15 is 0 Å². The lowest BCUT2D eigenvalue weighted by atomic mass is 13.6. The van der Waals surface area contributed by atoms with Gasteiger partial charge in [0, 0.05) is 0 Å². The van der Waals surface area contributed by atoms with Crippen LogP contribution in [-0.4, -0.2) is 10.4 Å². The molecule has 6 N–H and O–H groups in total. The van der Waals surface area contributed by atoms with Gasteiger partial charge in [-0.15, -0.1) is 12.4 Å². The van der Waals surface area contributed by atoms with Gasteiger partial charge in [-0.05, 0) is 0 Å². The minimum Gasteiger partial charge on any atom is -0.320 e. The van der Waals surface area contributed by atoms with Crippen LogP contribution in [0, 0.1) is 0 Å². The van der Waals surface area contributed by atoms with Gasteiger partial charge in [-0.2, -0.15) is 0 Å². The summed E-state index contributed by atoms with van der Waals surface area (Å²) in [5.41, 5.74) is 0. The molecule has 0 atom stereocenters. The van der Waals surface area contributed by atoms with E-state index in [0.29, 0.717) is 0 Å². The van der Waals surface area contributed by atoms with Gasteiger partial charge in [0.2, 0.25) is 0 Å². The second kappa shape index (κ2) is 2390. The molecule has 0 saturated carbocycles. The molecule has 0 rings (SSSR count). The SMILES string of the molecule is Cl.NO.NO. The lowest BCUT2D eigenvalue weighted by Gasteiger charge is -1.27. The Kier molecular flexibility index (Phi) is 9240. The smallest absolute Gasteiger partial charge is 0.147 e. The molecule has 0 aliphatic carbocycles. The molecule has 0 aliphatic heterocycles. The molecule has 0 amide bonds. The van der Waals surface area contributed by atoms with Crippen LogP contribution in [0.3, 0.4) is 0 Å². The van der Waals surface area contributed by atoms with Gasteiger partial charge in [-0.3, -0.25) is 0 Å². The highest BCUT2D eigenvalue weighted by atomic mass is 35.5.